The summed E-state index contributed by atoms with van der Waals surface area (Å²) in [4.78, 5) is 12.4. The second-order valence-electron chi connectivity index (χ2n) is 4.91. The number of carbonyl (C=O) groups excluding carboxylic acids is 1. The van der Waals surface area contributed by atoms with E-state index < -0.39 is 0 Å². The molecule has 0 bridgehead atoms. The molecule has 1 amide bonds. The molecule has 0 aliphatic rings. The molecular weight excluding hydrogens is 270 g/mol. The van der Waals surface area contributed by atoms with Gasteiger partial charge < -0.3 is 5.32 Å². The lowest BCUT2D eigenvalue weighted by Gasteiger charge is -2.17. The normalized spacial score (nSPS) is 11.9. The molecule has 0 saturated heterocycles. The highest BCUT2D eigenvalue weighted by molar-refractivity contribution is 6.18. The Hall–Kier alpha value is -1.80. The topological polar surface area (TPSA) is 29.1 Å². The molecule has 3 heteroatoms. The van der Waals surface area contributed by atoms with E-state index in [0.717, 1.165) is 16.7 Å². The van der Waals surface area contributed by atoms with Gasteiger partial charge in [0.25, 0.3) is 5.91 Å². The molecule has 20 heavy (non-hydrogen) atoms. The van der Waals surface area contributed by atoms with E-state index in [1.807, 2.05) is 62.4 Å². The van der Waals surface area contributed by atoms with Crippen LogP contribution in [0.5, 0.6) is 0 Å². The predicted molar refractivity (Wildman–Crippen MR) is 83.3 cm³/mol. The highest BCUT2D eigenvalue weighted by Crippen LogP contribution is 2.17. The molecule has 0 radical (unpaired) electrons. The molecule has 2 aromatic carbocycles. The molecule has 0 heterocycles. The van der Waals surface area contributed by atoms with Gasteiger partial charge in [-0.05, 0) is 31.0 Å². The van der Waals surface area contributed by atoms with Gasteiger partial charge in [0, 0.05) is 11.4 Å². The standard InChI is InChI=1S/C17H18ClNO/c1-12-8-9-13(2)15(10-12)17(20)19-16(11-18)14-6-4-3-5-7-14/h3-10,16H,11H2,1-2H3,(H,19,20). The summed E-state index contributed by atoms with van der Waals surface area (Å²) in [5.41, 5.74) is 3.76. The van der Waals surface area contributed by atoms with Crippen LogP contribution in [0.2, 0.25) is 0 Å². The van der Waals surface area contributed by atoms with E-state index in [9.17, 15) is 4.79 Å². The van der Waals surface area contributed by atoms with Crippen LogP contribution in [0.25, 0.3) is 0 Å². The number of nitrogens with one attached hydrogen (secondary N) is 1. The number of halogens is 1. The van der Waals surface area contributed by atoms with Crippen LogP contribution in [0.4, 0.5) is 0 Å². The monoisotopic (exact) mass is 287 g/mol. The van der Waals surface area contributed by atoms with Crippen LogP contribution in [0.3, 0.4) is 0 Å². The summed E-state index contributed by atoms with van der Waals surface area (Å²) in [6, 6.07) is 15.5. The van der Waals surface area contributed by atoms with Gasteiger partial charge in [-0.15, -0.1) is 11.6 Å². The summed E-state index contributed by atoms with van der Waals surface area (Å²) in [6.45, 7) is 3.92. The van der Waals surface area contributed by atoms with E-state index in [0.29, 0.717) is 11.4 Å². The van der Waals surface area contributed by atoms with E-state index >= 15 is 0 Å². The Morgan fingerprint density at radius 1 is 1.15 bits per heavy atom. The second-order valence-corrected chi connectivity index (χ2v) is 5.22. The van der Waals surface area contributed by atoms with Crippen molar-refractivity contribution < 1.29 is 4.79 Å². The molecule has 0 aliphatic carbocycles. The minimum absolute atomic E-state index is 0.0827. The van der Waals surface area contributed by atoms with Crippen LogP contribution in [0.1, 0.15) is 33.1 Å². The minimum atomic E-state index is -0.176. The van der Waals surface area contributed by atoms with Crippen LogP contribution in [-0.4, -0.2) is 11.8 Å². The molecule has 2 aromatic rings. The molecule has 0 saturated carbocycles. The Morgan fingerprint density at radius 2 is 1.85 bits per heavy atom. The maximum absolute atomic E-state index is 12.4. The molecule has 2 nitrogen and oxygen atoms in total. The summed E-state index contributed by atoms with van der Waals surface area (Å²) in [5.74, 6) is 0.265. The second kappa shape index (κ2) is 6.58. The lowest BCUT2D eigenvalue weighted by Crippen LogP contribution is -2.30. The largest absolute Gasteiger partial charge is 0.344 e. The molecule has 1 unspecified atom stereocenters. The maximum Gasteiger partial charge on any atom is 0.252 e. The van der Waals surface area contributed by atoms with E-state index in [-0.39, 0.29) is 11.9 Å². The van der Waals surface area contributed by atoms with Gasteiger partial charge in [-0.2, -0.15) is 0 Å². The number of amides is 1. The van der Waals surface area contributed by atoms with Crippen LogP contribution >= 0.6 is 11.6 Å². The van der Waals surface area contributed by atoms with E-state index in [1.165, 1.54) is 0 Å². The van der Waals surface area contributed by atoms with Crippen LogP contribution < -0.4 is 5.32 Å². The van der Waals surface area contributed by atoms with E-state index in [2.05, 4.69) is 5.32 Å². The van der Waals surface area contributed by atoms with Gasteiger partial charge in [0.1, 0.15) is 0 Å². The molecule has 0 spiro atoms. The number of alkyl halides is 1. The Morgan fingerprint density at radius 3 is 2.50 bits per heavy atom. The molecule has 0 aromatic heterocycles. The lowest BCUT2D eigenvalue weighted by atomic mass is 10.0. The average Bonchev–Trinajstić information content (AvgIpc) is 2.48. The summed E-state index contributed by atoms with van der Waals surface area (Å²) >= 11 is 5.99. The molecule has 0 fully saturated rings. The van der Waals surface area contributed by atoms with Crippen molar-refractivity contribution in [3.63, 3.8) is 0 Å². The van der Waals surface area contributed by atoms with Gasteiger partial charge in [0.05, 0.1) is 6.04 Å². The van der Waals surface area contributed by atoms with Gasteiger partial charge >= 0.3 is 0 Å². The number of hydrogen-bond donors (Lipinski definition) is 1. The summed E-state index contributed by atoms with van der Waals surface area (Å²) in [6.07, 6.45) is 0. The zero-order valence-corrected chi connectivity index (χ0v) is 12.4. The number of hydrogen-bond acceptors (Lipinski definition) is 1. The molecule has 1 atom stereocenters. The highest BCUT2D eigenvalue weighted by Gasteiger charge is 2.16. The van der Waals surface area contributed by atoms with Crippen LogP contribution in [0, 0.1) is 13.8 Å². The van der Waals surface area contributed by atoms with Gasteiger partial charge in [-0.1, -0.05) is 48.0 Å². The third kappa shape index (κ3) is 3.40. The number of rotatable bonds is 4. The third-order valence-electron chi connectivity index (χ3n) is 3.30. The van der Waals surface area contributed by atoms with Crippen LogP contribution in [-0.2, 0) is 0 Å². The van der Waals surface area contributed by atoms with E-state index in [4.69, 9.17) is 11.6 Å². The Balaban J connectivity index is 2.20. The Kier molecular flexibility index (Phi) is 4.80. The minimum Gasteiger partial charge on any atom is -0.344 e. The SMILES string of the molecule is Cc1ccc(C)c(C(=O)NC(CCl)c2ccccc2)c1. The molecule has 2 rings (SSSR count). The van der Waals surface area contributed by atoms with Crippen molar-refractivity contribution in [1.82, 2.24) is 5.32 Å². The van der Waals surface area contributed by atoms with Crippen molar-refractivity contribution in [2.24, 2.45) is 0 Å². The zero-order valence-electron chi connectivity index (χ0n) is 11.7. The molecular formula is C17H18ClNO. The highest BCUT2D eigenvalue weighted by atomic mass is 35.5. The van der Waals surface area contributed by atoms with Crippen molar-refractivity contribution in [2.45, 2.75) is 19.9 Å². The molecule has 1 N–H and O–H groups in total. The lowest BCUT2D eigenvalue weighted by molar-refractivity contribution is 0.0939. The Labute approximate surface area is 124 Å². The average molecular weight is 288 g/mol. The van der Waals surface area contributed by atoms with Crippen LogP contribution in [0.15, 0.2) is 48.5 Å². The summed E-state index contributed by atoms with van der Waals surface area (Å²) in [7, 11) is 0. The number of carbonyl (C=O) groups is 1. The first-order chi connectivity index (χ1) is 9.61. The number of aryl methyl sites for hydroxylation is 2. The third-order valence-corrected chi connectivity index (χ3v) is 3.61. The van der Waals surface area contributed by atoms with Gasteiger partial charge in [0.2, 0.25) is 0 Å². The van der Waals surface area contributed by atoms with Crippen molar-refractivity contribution in [2.75, 3.05) is 5.88 Å². The molecule has 104 valence electrons. The van der Waals surface area contributed by atoms with Crippen molar-refractivity contribution in [1.29, 1.82) is 0 Å². The fourth-order valence-corrected chi connectivity index (χ4v) is 2.37. The maximum atomic E-state index is 12.4. The smallest absolute Gasteiger partial charge is 0.252 e. The Bertz CT molecular complexity index is 595. The van der Waals surface area contributed by atoms with Gasteiger partial charge in [0.15, 0.2) is 0 Å². The summed E-state index contributed by atoms with van der Waals surface area (Å²) in [5, 5.41) is 3.00. The quantitative estimate of drug-likeness (QED) is 0.846. The molecule has 0 aliphatic heterocycles. The first-order valence-electron chi connectivity index (χ1n) is 6.61. The fraction of sp³-hybridized carbons (Fsp3) is 0.235. The predicted octanol–water partition coefficient (Wildman–Crippen LogP) is 4.01. The van der Waals surface area contributed by atoms with Crippen molar-refractivity contribution in [3.05, 3.63) is 70.8 Å². The first kappa shape index (κ1) is 14.6. The zero-order chi connectivity index (χ0) is 14.5. The number of benzene rings is 2. The summed E-state index contributed by atoms with van der Waals surface area (Å²) < 4.78 is 0. The van der Waals surface area contributed by atoms with Gasteiger partial charge in [-0.3, -0.25) is 4.79 Å². The van der Waals surface area contributed by atoms with Crippen molar-refractivity contribution in [3.8, 4) is 0 Å². The van der Waals surface area contributed by atoms with E-state index in [1.54, 1.807) is 0 Å². The van der Waals surface area contributed by atoms with Crippen molar-refractivity contribution >= 4 is 17.5 Å². The first-order valence-corrected chi connectivity index (χ1v) is 7.14. The fourth-order valence-electron chi connectivity index (χ4n) is 2.11. The van der Waals surface area contributed by atoms with Gasteiger partial charge in [-0.25, -0.2) is 0 Å².